The molecule has 1 fully saturated rings. The van der Waals surface area contributed by atoms with Gasteiger partial charge in [0.15, 0.2) is 6.23 Å². The van der Waals surface area contributed by atoms with Gasteiger partial charge in [-0.3, -0.25) is 4.79 Å². The molecule has 2 aliphatic rings. The van der Waals surface area contributed by atoms with Gasteiger partial charge in [-0.05, 0) is 24.5 Å². The molecule has 10 nitrogen and oxygen atoms in total. The number of nitrogens with two attached hydrogens (primary N) is 2. The molecule has 5 rings (SSSR count). The number of carbonyl (C=O) groups is 2. The Bertz CT molecular complexity index is 1400. The Hall–Kier alpha value is -4.09. The van der Waals surface area contributed by atoms with Crippen molar-refractivity contribution in [3.8, 4) is 11.1 Å². The summed E-state index contributed by atoms with van der Waals surface area (Å²) in [4.78, 5) is 36.3. The number of carboxylic acid groups (broad SMARTS) is 1. The highest BCUT2D eigenvalue weighted by molar-refractivity contribution is 6.21. The fourth-order valence-electron chi connectivity index (χ4n) is 5.03. The molecule has 0 saturated heterocycles. The van der Waals surface area contributed by atoms with Gasteiger partial charge in [-0.15, -0.1) is 0 Å². The molecule has 1 aromatic heterocycles. The van der Waals surface area contributed by atoms with Gasteiger partial charge in [0.05, 0.1) is 11.3 Å². The lowest BCUT2D eigenvalue weighted by Gasteiger charge is -2.46. The van der Waals surface area contributed by atoms with E-state index < -0.39 is 29.4 Å². The van der Waals surface area contributed by atoms with Crippen LogP contribution in [-0.2, 0) is 20.7 Å². The highest BCUT2D eigenvalue weighted by Gasteiger charge is 2.63. The first-order valence-electron chi connectivity index (χ1n) is 11.7. The molecule has 1 aliphatic heterocycles. The quantitative estimate of drug-likeness (QED) is 0.407. The first-order valence-corrected chi connectivity index (χ1v) is 11.7. The number of aliphatic carboxylic acids is 1. The Morgan fingerprint density at radius 3 is 2.51 bits per heavy atom. The molecule has 192 valence electrons. The summed E-state index contributed by atoms with van der Waals surface area (Å²) in [6.07, 6.45) is 1.42. The van der Waals surface area contributed by atoms with Gasteiger partial charge in [0.1, 0.15) is 11.6 Å². The van der Waals surface area contributed by atoms with Crippen LogP contribution in [0.2, 0.25) is 0 Å². The molecule has 0 bridgehead atoms. The Kier molecular flexibility index (Phi) is 6.04. The Morgan fingerprint density at radius 1 is 1.24 bits per heavy atom. The zero-order chi connectivity index (χ0) is 26.5. The van der Waals surface area contributed by atoms with Gasteiger partial charge in [0.2, 0.25) is 11.7 Å². The minimum atomic E-state index is -2.41. The van der Waals surface area contributed by atoms with E-state index >= 15 is 4.39 Å². The maximum absolute atomic E-state index is 16.4. The molecule has 11 heteroatoms. The molecule has 1 aliphatic carbocycles. The van der Waals surface area contributed by atoms with E-state index in [1.807, 2.05) is 6.07 Å². The van der Waals surface area contributed by atoms with Crippen LogP contribution in [0.15, 0.2) is 42.6 Å². The molecule has 0 amide bonds. The number of fused-ring (bicyclic) bond motifs is 1. The van der Waals surface area contributed by atoms with E-state index in [1.54, 1.807) is 35.2 Å². The fraction of sp³-hybridized carbons (Fsp3) is 0.308. The predicted octanol–water partition coefficient (Wildman–Crippen LogP) is 2.65. The third-order valence-corrected chi connectivity index (χ3v) is 6.96. The number of rotatable bonds is 7. The maximum Gasteiger partial charge on any atom is 0.349 e. The van der Waals surface area contributed by atoms with Crippen LogP contribution < -0.4 is 16.4 Å². The number of nitrogens with zero attached hydrogens (tertiary/aromatic N) is 3. The van der Waals surface area contributed by atoms with Gasteiger partial charge in [0.25, 0.3) is 5.60 Å². The third-order valence-electron chi connectivity index (χ3n) is 6.96. The second-order valence-electron chi connectivity index (χ2n) is 9.09. The molecule has 2 heterocycles. The molecule has 1 saturated carbocycles. The molecule has 2 atom stereocenters. The van der Waals surface area contributed by atoms with Crippen molar-refractivity contribution >= 4 is 29.2 Å². The van der Waals surface area contributed by atoms with E-state index in [9.17, 15) is 14.7 Å². The monoisotopic (exact) mass is 507 g/mol. The Balaban J connectivity index is 1.84. The van der Waals surface area contributed by atoms with Crippen molar-refractivity contribution in [1.29, 1.82) is 0 Å². The first kappa shape index (κ1) is 24.6. The molecular weight excluding hydrogens is 481 g/mol. The first-order chi connectivity index (χ1) is 17.7. The molecule has 37 heavy (non-hydrogen) atoms. The fourth-order valence-corrected chi connectivity index (χ4v) is 5.03. The Morgan fingerprint density at radius 2 is 1.95 bits per heavy atom. The molecule has 2 unspecified atom stereocenters. The average Bonchev–Trinajstić information content (AvgIpc) is 3.72. The molecule has 0 radical (unpaired) electrons. The lowest BCUT2D eigenvalue weighted by Crippen LogP contribution is -2.67. The smallest absolute Gasteiger partial charge is 0.349 e. The number of anilines is 3. The van der Waals surface area contributed by atoms with Crippen molar-refractivity contribution < 1.29 is 28.6 Å². The SMILES string of the molecule is COC1N(C2CC2)c2cc(-c3ccccc3)c(F)c(Cc3cnc(N)nc3N)c2C(=O)C1(OC)C(=O)O. The van der Waals surface area contributed by atoms with E-state index in [0.29, 0.717) is 16.8 Å². The van der Waals surface area contributed by atoms with E-state index in [0.717, 1.165) is 20.0 Å². The summed E-state index contributed by atoms with van der Waals surface area (Å²) < 4.78 is 27.4. The van der Waals surface area contributed by atoms with Crippen LogP contribution in [-0.4, -0.2) is 58.9 Å². The molecule has 2 aromatic carbocycles. The minimum Gasteiger partial charge on any atom is -0.479 e. The van der Waals surface area contributed by atoms with Crippen molar-refractivity contribution in [3.63, 3.8) is 0 Å². The number of halogens is 1. The summed E-state index contributed by atoms with van der Waals surface area (Å²) in [5, 5.41) is 10.3. The number of hydrogen-bond donors (Lipinski definition) is 3. The van der Waals surface area contributed by atoms with E-state index in [2.05, 4.69) is 9.97 Å². The predicted molar refractivity (Wildman–Crippen MR) is 134 cm³/mol. The second-order valence-corrected chi connectivity index (χ2v) is 9.09. The van der Waals surface area contributed by atoms with Crippen molar-refractivity contribution in [2.45, 2.75) is 37.1 Å². The highest BCUT2D eigenvalue weighted by atomic mass is 19.1. The number of carboxylic acids is 1. The number of carbonyl (C=O) groups excluding carboxylic acids is 1. The summed E-state index contributed by atoms with van der Waals surface area (Å²) >= 11 is 0. The number of nitrogen functional groups attached to an aromatic ring is 2. The normalized spacial score (nSPS) is 21.1. The van der Waals surface area contributed by atoms with Gasteiger partial charge >= 0.3 is 5.97 Å². The van der Waals surface area contributed by atoms with Gasteiger partial charge in [-0.25, -0.2) is 14.2 Å². The number of benzene rings is 2. The van der Waals surface area contributed by atoms with Crippen LogP contribution in [0.4, 0.5) is 21.8 Å². The zero-order valence-corrected chi connectivity index (χ0v) is 20.3. The lowest BCUT2D eigenvalue weighted by atomic mass is 9.79. The maximum atomic E-state index is 16.4. The summed E-state index contributed by atoms with van der Waals surface area (Å²) in [5.41, 5.74) is 10.7. The number of aromatic nitrogens is 2. The van der Waals surface area contributed by atoms with Gasteiger partial charge < -0.3 is 30.9 Å². The lowest BCUT2D eigenvalue weighted by molar-refractivity contribution is -0.171. The van der Waals surface area contributed by atoms with Crippen molar-refractivity contribution in [2.24, 2.45) is 0 Å². The summed E-state index contributed by atoms with van der Waals surface area (Å²) in [6, 6.07) is 10.4. The molecular formula is C26H26FN5O5. The van der Waals surface area contributed by atoms with Crippen LogP contribution in [0.3, 0.4) is 0 Å². The number of hydrogen-bond acceptors (Lipinski definition) is 9. The van der Waals surface area contributed by atoms with Crippen LogP contribution in [0, 0.1) is 5.82 Å². The number of Topliss-reactive ketones (excluding diaryl/α,β-unsaturated/α-hetero) is 1. The van der Waals surface area contributed by atoms with Crippen LogP contribution in [0.5, 0.6) is 0 Å². The molecule has 0 spiro atoms. The van der Waals surface area contributed by atoms with Gasteiger partial charge in [-0.1, -0.05) is 30.3 Å². The third kappa shape index (κ3) is 3.78. The number of methoxy groups -OCH3 is 2. The number of ether oxygens (including phenoxy) is 2. The zero-order valence-electron chi connectivity index (χ0n) is 20.3. The van der Waals surface area contributed by atoms with E-state index in [4.69, 9.17) is 20.9 Å². The summed E-state index contributed by atoms with van der Waals surface area (Å²) in [5.74, 6) is -3.15. The topological polar surface area (TPSA) is 154 Å². The summed E-state index contributed by atoms with van der Waals surface area (Å²) in [6.45, 7) is 0. The van der Waals surface area contributed by atoms with Crippen LogP contribution in [0.25, 0.3) is 11.1 Å². The summed E-state index contributed by atoms with van der Waals surface area (Å²) in [7, 11) is 2.46. The van der Waals surface area contributed by atoms with Crippen LogP contribution in [0.1, 0.15) is 34.3 Å². The van der Waals surface area contributed by atoms with Gasteiger partial charge in [-0.2, -0.15) is 4.98 Å². The molecule has 3 aromatic rings. The highest BCUT2D eigenvalue weighted by Crippen LogP contribution is 2.48. The minimum absolute atomic E-state index is 0.0269. The Labute approximate surface area is 212 Å². The number of ketones is 1. The van der Waals surface area contributed by atoms with Gasteiger partial charge in [0, 0.05) is 49.6 Å². The van der Waals surface area contributed by atoms with Crippen LogP contribution >= 0.6 is 0 Å². The average molecular weight is 508 g/mol. The van der Waals surface area contributed by atoms with E-state index in [1.165, 1.54) is 13.3 Å². The largest absolute Gasteiger partial charge is 0.479 e. The van der Waals surface area contributed by atoms with Crippen molar-refractivity contribution in [1.82, 2.24) is 9.97 Å². The second kappa shape index (κ2) is 9.09. The van der Waals surface area contributed by atoms with E-state index in [-0.39, 0.29) is 40.9 Å². The van der Waals surface area contributed by atoms with Crippen molar-refractivity contribution in [2.75, 3.05) is 30.6 Å². The standard InChI is InChI=1S/C26H26FN5O5/c1-36-23-26(37-2,24(34)35)21(33)19-17(10-14-12-30-25(29)31-22(14)28)20(27)16(13-6-4-3-5-7-13)11-18(19)32(23)15-8-9-15/h3-7,11-12,15,23H,8-10H2,1-2H3,(H,34,35)(H4,28,29,30,31). The van der Waals surface area contributed by atoms with Crippen molar-refractivity contribution in [3.05, 3.63) is 65.1 Å². The molecule has 5 N–H and O–H groups in total.